The molecule has 204 valence electrons. The molecule has 4 saturated heterocycles. The first-order valence-electron chi connectivity index (χ1n) is 12.5. The van der Waals surface area contributed by atoms with Gasteiger partial charge in [-0.15, -0.1) is 0 Å². The van der Waals surface area contributed by atoms with Crippen LogP contribution in [0.1, 0.15) is 5.56 Å². The smallest absolute Gasteiger partial charge is 0.294 e. The molecule has 0 saturated carbocycles. The fraction of sp³-hybridized carbons (Fsp3) is 0.542. The molecule has 13 nitrogen and oxygen atoms in total. The van der Waals surface area contributed by atoms with Gasteiger partial charge in [0.25, 0.3) is 16.8 Å². The Kier molecular flexibility index (Phi) is 8.12. The molecule has 0 bridgehead atoms. The number of amides is 3. The highest BCUT2D eigenvalue weighted by Gasteiger charge is 2.38. The first-order chi connectivity index (χ1) is 18.4. The molecule has 0 N–H and O–H groups in total. The van der Waals surface area contributed by atoms with E-state index in [4.69, 9.17) is 14.2 Å². The number of anilines is 2. The molecule has 0 spiro atoms. The highest BCUT2D eigenvalue weighted by Crippen LogP contribution is 2.40. The third kappa shape index (κ3) is 5.62. The highest BCUT2D eigenvalue weighted by molar-refractivity contribution is 8.18. The molecule has 4 heterocycles. The molecule has 1 aromatic carbocycles. The normalized spacial score (nSPS) is 21.9. The maximum Gasteiger partial charge on any atom is 0.294 e. The topological polar surface area (TPSA) is 135 Å². The van der Waals surface area contributed by atoms with Gasteiger partial charge in [0, 0.05) is 56.6 Å². The van der Waals surface area contributed by atoms with Crippen LogP contribution in [0.2, 0.25) is 0 Å². The minimum atomic E-state index is -0.588. The van der Waals surface area contributed by atoms with Crippen molar-refractivity contribution in [3.63, 3.8) is 0 Å². The lowest BCUT2D eigenvalue weighted by molar-refractivity contribution is -0.384. The maximum absolute atomic E-state index is 13.2. The minimum Gasteiger partial charge on any atom is -0.378 e. The van der Waals surface area contributed by atoms with Gasteiger partial charge in [-0.25, -0.2) is 0 Å². The van der Waals surface area contributed by atoms with Crippen molar-refractivity contribution in [1.82, 2.24) is 9.80 Å². The number of carbonyl (C=O) groups excluding carboxylic acids is 3. The fourth-order valence-corrected chi connectivity index (χ4v) is 5.63. The lowest BCUT2D eigenvalue weighted by atomic mass is 10.1. The summed E-state index contributed by atoms with van der Waals surface area (Å²) in [5, 5.41) is 11.5. The minimum absolute atomic E-state index is 0.0862. The van der Waals surface area contributed by atoms with Crippen molar-refractivity contribution in [1.29, 1.82) is 0 Å². The van der Waals surface area contributed by atoms with E-state index in [-0.39, 0.29) is 23.0 Å². The van der Waals surface area contributed by atoms with E-state index in [9.17, 15) is 24.5 Å². The average molecular weight is 548 g/mol. The number of ether oxygens (including phenoxy) is 3. The number of benzene rings is 1. The van der Waals surface area contributed by atoms with Crippen LogP contribution in [0.4, 0.5) is 21.9 Å². The number of nitro groups is 1. The van der Waals surface area contributed by atoms with Crippen LogP contribution < -0.4 is 9.80 Å². The number of carbonyl (C=O) groups is 3. The zero-order valence-corrected chi connectivity index (χ0v) is 21.7. The summed E-state index contributed by atoms with van der Waals surface area (Å²) in [5.74, 6) is -0.911. The predicted molar refractivity (Wildman–Crippen MR) is 139 cm³/mol. The average Bonchev–Trinajstić information content (AvgIpc) is 3.21. The zero-order chi connectivity index (χ0) is 26.6. The molecule has 1 aromatic rings. The Morgan fingerprint density at radius 3 is 2.03 bits per heavy atom. The molecule has 38 heavy (non-hydrogen) atoms. The number of rotatable bonds is 6. The van der Waals surface area contributed by atoms with Gasteiger partial charge < -0.3 is 28.9 Å². The second-order valence-corrected chi connectivity index (χ2v) is 10.1. The van der Waals surface area contributed by atoms with Crippen molar-refractivity contribution in [3.8, 4) is 0 Å². The number of hydrogen-bond donors (Lipinski definition) is 0. The van der Waals surface area contributed by atoms with Gasteiger partial charge in [-0.05, 0) is 23.9 Å². The van der Waals surface area contributed by atoms with E-state index in [0.29, 0.717) is 90.2 Å². The molecule has 0 atom stereocenters. The summed E-state index contributed by atoms with van der Waals surface area (Å²) < 4.78 is 16.2. The maximum atomic E-state index is 13.2. The van der Waals surface area contributed by atoms with Crippen LogP contribution in [0.3, 0.4) is 0 Å². The van der Waals surface area contributed by atoms with Crippen molar-refractivity contribution in [2.75, 3.05) is 95.3 Å². The molecule has 3 amide bonds. The molecule has 4 aliphatic rings. The van der Waals surface area contributed by atoms with Crippen molar-refractivity contribution in [3.05, 3.63) is 32.7 Å². The summed E-state index contributed by atoms with van der Waals surface area (Å²) in [4.78, 5) is 56.8. The van der Waals surface area contributed by atoms with Gasteiger partial charge >= 0.3 is 0 Å². The van der Waals surface area contributed by atoms with E-state index >= 15 is 0 Å². The van der Waals surface area contributed by atoms with E-state index < -0.39 is 16.1 Å². The Balaban J connectivity index is 1.47. The molecule has 0 aromatic heterocycles. The molecule has 0 unspecified atom stereocenters. The predicted octanol–water partition coefficient (Wildman–Crippen LogP) is 1.16. The Labute approximate surface area is 223 Å². The summed E-state index contributed by atoms with van der Waals surface area (Å²) in [6, 6.07) is 3.25. The standard InChI is InChI=1S/C24H29N5O8S/c30-22(27-5-11-37-12-6-27)16-28-23(31)21(38-24(28)32)14-17-13-20(29(33)34)19(26-3-9-36-10-4-26)15-18(17)25-1-7-35-8-2-25/h13-15H,1-12,16H2. The van der Waals surface area contributed by atoms with Gasteiger partial charge in [-0.1, -0.05) is 0 Å². The monoisotopic (exact) mass is 547 g/mol. The molecule has 0 radical (unpaired) electrons. The van der Waals surface area contributed by atoms with Crippen molar-refractivity contribution in [2.45, 2.75) is 0 Å². The second-order valence-electron chi connectivity index (χ2n) is 9.12. The van der Waals surface area contributed by atoms with Gasteiger partial charge in [0.15, 0.2) is 0 Å². The summed E-state index contributed by atoms with van der Waals surface area (Å²) in [6.45, 7) is 5.46. The first kappa shape index (κ1) is 26.4. The zero-order valence-electron chi connectivity index (χ0n) is 20.8. The van der Waals surface area contributed by atoms with Gasteiger partial charge in [0.05, 0.1) is 49.5 Å². The van der Waals surface area contributed by atoms with Crippen LogP contribution in [0.5, 0.6) is 0 Å². The van der Waals surface area contributed by atoms with Crippen LogP contribution in [-0.2, 0) is 23.8 Å². The van der Waals surface area contributed by atoms with E-state index in [1.807, 2.05) is 4.90 Å². The molecular formula is C24H29N5O8S. The summed E-state index contributed by atoms with van der Waals surface area (Å²) in [7, 11) is 0. The molecule has 4 aliphatic heterocycles. The lowest BCUT2D eigenvalue weighted by Crippen LogP contribution is -2.46. The van der Waals surface area contributed by atoms with Crippen molar-refractivity contribution in [2.24, 2.45) is 0 Å². The Morgan fingerprint density at radius 2 is 1.45 bits per heavy atom. The van der Waals surface area contributed by atoms with Crippen LogP contribution in [-0.4, -0.2) is 117 Å². The van der Waals surface area contributed by atoms with Gasteiger partial charge in [-0.2, -0.15) is 0 Å². The van der Waals surface area contributed by atoms with Crippen LogP contribution in [0.25, 0.3) is 6.08 Å². The van der Waals surface area contributed by atoms with E-state index in [1.165, 1.54) is 12.1 Å². The summed E-state index contributed by atoms with van der Waals surface area (Å²) >= 11 is 0.730. The summed E-state index contributed by atoms with van der Waals surface area (Å²) in [6.07, 6.45) is 1.52. The van der Waals surface area contributed by atoms with Gasteiger partial charge in [0.1, 0.15) is 12.2 Å². The Bertz CT molecular complexity index is 1140. The molecule has 4 fully saturated rings. The number of hydrogen-bond acceptors (Lipinski definition) is 11. The number of morpholine rings is 3. The van der Waals surface area contributed by atoms with Crippen molar-refractivity contribution >= 4 is 52.0 Å². The van der Waals surface area contributed by atoms with Crippen LogP contribution in [0, 0.1) is 10.1 Å². The van der Waals surface area contributed by atoms with Crippen molar-refractivity contribution < 1.29 is 33.5 Å². The second kappa shape index (κ2) is 11.7. The number of nitro benzene ring substituents is 1. The molecule has 0 aliphatic carbocycles. The van der Waals surface area contributed by atoms with Crippen LogP contribution in [0.15, 0.2) is 17.0 Å². The van der Waals surface area contributed by atoms with E-state index in [1.54, 1.807) is 11.0 Å². The number of imide groups is 1. The largest absolute Gasteiger partial charge is 0.378 e. The highest BCUT2D eigenvalue weighted by atomic mass is 32.2. The third-order valence-corrected chi connectivity index (χ3v) is 7.75. The molecular weight excluding hydrogens is 518 g/mol. The molecule has 14 heteroatoms. The SMILES string of the molecule is O=C(CN1C(=O)SC(=Cc2cc([N+](=O)[O-])c(N3CCOCC3)cc2N2CCOCC2)C1=O)N1CCOCC1. The number of nitrogens with zero attached hydrogens (tertiary/aromatic N) is 5. The van der Waals surface area contributed by atoms with Crippen LogP contribution >= 0.6 is 11.8 Å². The number of thioether (sulfide) groups is 1. The van der Waals surface area contributed by atoms with Gasteiger partial charge in [-0.3, -0.25) is 29.4 Å². The molecule has 5 rings (SSSR count). The van der Waals surface area contributed by atoms with E-state index in [2.05, 4.69) is 4.90 Å². The first-order valence-corrected chi connectivity index (χ1v) is 13.3. The Morgan fingerprint density at radius 1 is 0.895 bits per heavy atom. The van der Waals surface area contributed by atoms with Gasteiger partial charge in [0.2, 0.25) is 5.91 Å². The summed E-state index contributed by atoms with van der Waals surface area (Å²) in [5.41, 5.74) is 1.58. The Hall–Kier alpha value is -3.20. The lowest BCUT2D eigenvalue weighted by Gasteiger charge is -2.33. The quantitative estimate of drug-likeness (QED) is 0.288. The third-order valence-electron chi connectivity index (χ3n) is 6.84. The fourth-order valence-electron chi connectivity index (χ4n) is 4.80. The van der Waals surface area contributed by atoms with E-state index in [0.717, 1.165) is 22.3 Å².